The maximum atomic E-state index is 5.88. The number of rotatable bonds is 0. The molecule has 0 aromatic carbocycles. The maximum absolute atomic E-state index is 5.88. The molecule has 2 aliphatic rings. The molecule has 0 amide bonds. The van der Waals surface area contributed by atoms with E-state index in [0.717, 1.165) is 0 Å². The summed E-state index contributed by atoms with van der Waals surface area (Å²) in [6.45, 7) is 0. The highest BCUT2D eigenvalue weighted by Gasteiger charge is 2.49. The van der Waals surface area contributed by atoms with Crippen LogP contribution >= 0.6 is 0 Å². The molecule has 0 aromatic rings. The Morgan fingerprint density at radius 1 is 1.22 bits per heavy atom. The lowest BCUT2D eigenvalue weighted by Crippen LogP contribution is -2.25. The van der Waals surface area contributed by atoms with Gasteiger partial charge in [0.25, 0.3) is 0 Å². The molecule has 0 heterocycles. The highest BCUT2D eigenvalue weighted by Crippen LogP contribution is 2.56. The molecule has 0 unspecified atom stereocenters. The largest absolute Gasteiger partial charge is 0.327 e. The van der Waals surface area contributed by atoms with E-state index in [2.05, 4.69) is 0 Å². The van der Waals surface area contributed by atoms with Crippen molar-refractivity contribution < 1.29 is 0 Å². The van der Waals surface area contributed by atoms with Crippen LogP contribution in [0.4, 0.5) is 0 Å². The molecule has 2 aliphatic carbocycles. The molecular weight excluding hydrogens is 110 g/mol. The Labute approximate surface area is 57.6 Å². The van der Waals surface area contributed by atoms with Crippen molar-refractivity contribution in [1.82, 2.24) is 0 Å². The summed E-state index contributed by atoms with van der Waals surface area (Å²) >= 11 is 0. The van der Waals surface area contributed by atoms with Crippen molar-refractivity contribution in [2.24, 2.45) is 11.1 Å². The second kappa shape index (κ2) is 1.98. The Bertz CT molecular complexity index is 105. The average molecular weight is 127 g/mol. The standard InChI is InChI=1S/C7H13N.CH4/c8-6-2-1-3-7(6)4-5-7;/h6H,1-5,8H2;1H4/t6-;/m1./s1. The van der Waals surface area contributed by atoms with Crippen LogP contribution in [0.25, 0.3) is 0 Å². The van der Waals surface area contributed by atoms with Crippen molar-refractivity contribution in [3.63, 3.8) is 0 Å². The molecule has 2 fully saturated rings. The third-order valence-corrected chi connectivity index (χ3v) is 2.87. The van der Waals surface area contributed by atoms with Crippen molar-refractivity contribution in [3.8, 4) is 0 Å². The van der Waals surface area contributed by atoms with Gasteiger partial charge < -0.3 is 5.73 Å². The van der Waals surface area contributed by atoms with Crippen molar-refractivity contribution in [3.05, 3.63) is 0 Å². The van der Waals surface area contributed by atoms with Crippen LogP contribution in [-0.4, -0.2) is 6.04 Å². The van der Waals surface area contributed by atoms with E-state index in [1.54, 1.807) is 0 Å². The molecule has 2 N–H and O–H groups in total. The van der Waals surface area contributed by atoms with Gasteiger partial charge in [-0.3, -0.25) is 0 Å². The summed E-state index contributed by atoms with van der Waals surface area (Å²) in [6.07, 6.45) is 6.96. The van der Waals surface area contributed by atoms with Gasteiger partial charge in [0.2, 0.25) is 0 Å². The molecule has 1 spiro atoms. The van der Waals surface area contributed by atoms with Crippen molar-refractivity contribution in [2.75, 3.05) is 0 Å². The van der Waals surface area contributed by atoms with E-state index in [-0.39, 0.29) is 7.43 Å². The summed E-state index contributed by atoms with van der Waals surface area (Å²) in [6, 6.07) is 0.572. The first-order valence-corrected chi connectivity index (χ1v) is 3.59. The Hall–Kier alpha value is -0.0400. The van der Waals surface area contributed by atoms with E-state index in [1.165, 1.54) is 32.1 Å². The molecule has 54 valence electrons. The Balaban J connectivity index is 0.000000405. The molecule has 0 radical (unpaired) electrons. The fourth-order valence-electron chi connectivity index (χ4n) is 1.95. The van der Waals surface area contributed by atoms with Gasteiger partial charge in [-0.15, -0.1) is 0 Å². The third kappa shape index (κ3) is 0.877. The third-order valence-electron chi connectivity index (χ3n) is 2.87. The minimum atomic E-state index is 0. The molecule has 1 nitrogen and oxygen atoms in total. The molecule has 0 saturated heterocycles. The van der Waals surface area contributed by atoms with Crippen LogP contribution in [-0.2, 0) is 0 Å². The number of hydrogen-bond acceptors (Lipinski definition) is 1. The summed E-state index contributed by atoms with van der Waals surface area (Å²) in [5.41, 5.74) is 6.56. The Morgan fingerprint density at radius 3 is 2.11 bits per heavy atom. The summed E-state index contributed by atoms with van der Waals surface area (Å²) in [5.74, 6) is 0. The molecule has 0 aromatic heterocycles. The molecule has 2 saturated carbocycles. The van der Waals surface area contributed by atoms with E-state index in [4.69, 9.17) is 5.73 Å². The first kappa shape index (κ1) is 7.07. The average Bonchev–Trinajstić information content (AvgIpc) is 2.39. The SMILES string of the molecule is C.N[C@@H]1CCCC12CC2. The summed E-state index contributed by atoms with van der Waals surface area (Å²) < 4.78 is 0. The monoisotopic (exact) mass is 127 g/mol. The molecule has 2 rings (SSSR count). The maximum Gasteiger partial charge on any atom is 0.00955 e. The van der Waals surface area contributed by atoms with Crippen LogP contribution in [0, 0.1) is 5.41 Å². The van der Waals surface area contributed by atoms with Crippen molar-refractivity contribution in [1.29, 1.82) is 0 Å². The lowest BCUT2D eigenvalue weighted by atomic mass is 10.0. The van der Waals surface area contributed by atoms with Crippen LogP contribution in [0.5, 0.6) is 0 Å². The lowest BCUT2D eigenvalue weighted by Gasteiger charge is -2.10. The highest BCUT2D eigenvalue weighted by atomic mass is 14.8. The van der Waals surface area contributed by atoms with Gasteiger partial charge in [0.05, 0.1) is 0 Å². The normalized spacial score (nSPS) is 36.3. The zero-order valence-electron chi connectivity index (χ0n) is 5.19. The first-order valence-electron chi connectivity index (χ1n) is 3.59. The molecular formula is C8H17N. The lowest BCUT2D eigenvalue weighted by molar-refractivity contribution is 0.462. The van der Waals surface area contributed by atoms with Gasteiger partial charge in [0.15, 0.2) is 0 Å². The minimum absolute atomic E-state index is 0. The van der Waals surface area contributed by atoms with E-state index >= 15 is 0 Å². The Morgan fingerprint density at radius 2 is 1.89 bits per heavy atom. The topological polar surface area (TPSA) is 26.0 Å². The van der Waals surface area contributed by atoms with Gasteiger partial charge in [-0.05, 0) is 31.1 Å². The van der Waals surface area contributed by atoms with Gasteiger partial charge in [0, 0.05) is 6.04 Å². The molecule has 0 aliphatic heterocycles. The van der Waals surface area contributed by atoms with E-state index in [9.17, 15) is 0 Å². The molecule has 1 heteroatoms. The minimum Gasteiger partial charge on any atom is -0.327 e. The predicted molar refractivity (Wildman–Crippen MR) is 40.2 cm³/mol. The van der Waals surface area contributed by atoms with E-state index < -0.39 is 0 Å². The van der Waals surface area contributed by atoms with Crippen LogP contribution in [0.3, 0.4) is 0 Å². The summed E-state index contributed by atoms with van der Waals surface area (Å²) in [4.78, 5) is 0. The fraction of sp³-hybridized carbons (Fsp3) is 1.00. The van der Waals surface area contributed by atoms with Crippen LogP contribution in [0.1, 0.15) is 39.5 Å². The Kier molecular flexibility index (Phi) is 1.55. The van der Waals surface area contributed by atoms with Gasteiger partial charge >= 0.3 is 0 Å². The van der Waals surface area contributed by atoms with Crippen molar-refractivity contribution >= 4 is 0 Å². The highest BCUT2D eigenvalue weighted by molar-refractivity contribution is 5.04. The van der Waals surface area contributed by atoms with Crippen LogP contribution in [0.15, 0.2) is 0 Å². The summed E-state index contributed by atoms with van der Waals surface area (Å²) in [7, 11) is 0. The van der Waals surface area contributed by atoms with Crippen LogP contribution < -0.4 is 5.73 Å². The first-order chi connectivity index (χ1) is 3.83. The van der Waals surface area contributed by atoms with E-state index in [0.29, 0.717) is 11.5 Å². The second-order valence-corrected chi connectivity index (χ2v) is 3.36. The van der Waals surface area contributed by atoms with Crippen molar-refractivity contribution in [2.45, 2.75) is 45.6 Å². The zero-order valence-corrected chi connectivity index (χ0v) is 5.19. The smallest absolute Gasteiger partial charge is 0.00955 e. The molecule has 0 bridgehead atoms. The van der Waals surface area contributed by atoms with Crippen LogP contribution in [0.2, 0.25) is 0 Å². The van der Waals surface area contributed by atoms with Gasteiger partial charge in [-0.2, -0.15) is 0 Å². The number of nitrogens with two attached hydrogens (primary N) is 1. The van der Waals surface area contributed by atoms with Gasteiger partial charge in [-0.1, -0.05) is 13.8 Å². The fourth-order valence-corrected chi connectivity index (χ4v) is 1.95. The van der Waals surface area contributed by atoms with Gasteiger partial charge in [-0.25, -0.2) is 0 Å². The number of hydrogen-bond donors (Lipinski definition) is 1. The molecule has 9 heavy (non-hydrogen) atoms. The van der Waals surface area contributed by atoms with E-state index in [1.807, 2.05) is 0 Å². The zero-order chi connectivity index (χ0) is 5.61. The molecule has 1 atom stereocenters. The second-order valence-electron chi connectivity index (χ2n) is 3.36. The van der Waals surface area contributed by atoms with Gasteiger partial charge in [0.1, 0.15) is 0 Å². The summed E-state index contributed by atoms with van der Waals surface area (Å²) in [5, 5.41) is 0. The predicted octanol–water partition coefficient (Wildman–Crippen LogP) is 1.91. The quantitative estimate of drug-likeness (QED) is 0.528.